The van der Waals surface area contributed by atoms with Crippen molar-refractivity contribution in [3.05, 3.63) is 17.5 Å². The van der Waals surface area contributed by atoms with Crippen LogP contribution in [0.5, 0.6) is 0 Å². The van der Waals surface area contributed by atoms with Gasteiger partial charge in [0.15, 0.2) is 5.69 Å². The molecule has 0 bridgehead atoms. The average molecular weight is 197 g/mol. The molecule has 5 nitrogen and oxygen atoms in total. The van der Waals surface area contributed by atoms with Crippen molar-refractivity contribution in [2.75, 3.05) is 0 Å². The van der Waals surface area contributed by atoms with Crippen molar-refractivity contribution >= 4 is 11.8 Å². The van der Waals surface area contributed by atoms with Gasteiger partial charge in [-0.05, 0) is 0 Å². The lowest BCUT2D eigenvalue weighted by molar-refractivity contribution is 0.0683. The molecule has 0 aliphatic carbocycles. The lowest BCUT2D eigenvalue weighted by Gasteiger charge is -2.12. The van der Waals surface area contributed by atoms with Crippen LogP contribution in [0.3, 0.4) is 0 Å². The van der Waals surface area contributed by atoms with Crippen LogP contribution in [-0.2, 0) is 0 Å². The van der Waals surface area contributed by atoms with Crippen LogP contribution in [0.1, 0.15) is 41.8 Å². The molecule has 5 heteroatoms. The SMILES string of the molecule is CC(C)(C)C(=O)c1cc(C(=O)O)no1. The summed E-state index contributed by atoms with van der Waals surface area (Å²) in [4.78, 5) is 22.0. The number of ketones is 1. The van der Waals surface area contributed by atoms with Gasteiger partial charge in [-0.1, -0.05) is 25.9 Å². The number of Topliss-reactive ketones (excluding diaryl/α,β-unsaturated/α-hetero) is 1. The summed E-state index contributed by atoms with van der Waals surface area (Å²) in [5, 5.41) is 11.8. The number of nitrogens with zero attached hydrogens (tertiary/aromatic N) is 1. The molecule has 0 aliphatic heterocycles. The summed E-state index contributed by atoms with van der Waals surface area (Å²) in [6.07, 6.45) is 0. The molecule has 1 rings (SSSR count). The minimum absolute atomic E-state index is 0.0186. The number of hydrogen-bond donors (Lipinski definition) is 1. The molecule has 0 atom stereocenters. The highest BCUT2D eigenvalue weighted by Gasteiger charge is 2.27. The monoisotopic (exact) mass is 197 g/mol. The van der Waals surface area contributed by atoms with Crippen molar-refractivity contribution in [1.29, 1.82) is 0 Å². The first kappa shape index (κ1) is 10.4. The number of rotatable bonds is 2. The van der Waals surface area contributed by atoms with E-state index in [0.29, 0.717) is 0 Å². The zero-order valence-electron chi connectivity index (χ0n) is 8.20. The van der Waals surface area contributed by atoms with E-state index in [1.807, 2.05) is 0 Å². The number of carbonyl (C=O) groups is 2. The molecule has 0 unspecified atom stereocenters. The Kier molecular flexibility index (Phi) is 2.42. The highest BCUT2D eigenvalue weighted by Crippen LogP contribution is 2.21. The zero-order chi connectivity index (χ0) is 10.9. The first-order chi connectivity index (χ1) is 6.32. The first-order valence-electron chi connectivity index (χ1n) is 4.07. The van der Waals surface area contributed by atoms with Gasteiger partial charge in [-0.2, -0.15) is 0 Å². The Morgan fingerprint density at radius 2 is 2.00 bits per heavy atom. The minimum atomic E-state index is -1.21. The topological polar surface area (TPSA) is 80.4 Å². The molecule has 76 valence electrons. The third kappa shape index (κ3) is 1.99. The molecular formula is C9H11NO4. The van der Waals surface area contributed by atoms with Crippen molar-refractivity contribution < 1.29 is 19.2 Å². The van der Waals surface area contributed by atoms with Crippen LogP contribution in [0.15, 0.2) is 10.6 Å². The number of carbonyl (C=O) groups excluding carboxylic acids is 1. The van der Waals surface area contributed by atoms with Gasteiger partial charge in [0.05, 0.1) is 0 Å². The molecule has 0 amide bonds. The molecule has 0 aromatic carbocycles. The van der Waals surface area contributed by atoms with Crippen molar-refractivity contribution in [2.24, 2.45) is 5.41 Å². The van der Waals surface area contributed by atoms with Crippen LogP contribution in [0, 0.1) is 5.41 Å². The second-order valence-electron chi connectivity index (χ2n) is 3.96. The smallest absolute Gasteiger partial charge is 0.358 e. The molecule has 1 aromatic rings. The number of carboxylic acid groups (broad SMARTS) is 1. The van der Waals surface area contributed by atoms with E-state index in [0.717, 1.165) is 6.07 Å². The van der Waals surface area contributed by atoms with E-state index in [1.54, 1.807) is 20.8 Å². The van der Waals surface area contributed by atoms with Gasteiger partial charge in [-0.3, -0.25) is 4.79 Å². The highest BCUT2D eigenvalue weighted by atomic mass is 16.5. The van der Waals surface area contributed by atoms with Gasteiger partial charge < -0.3 is 9.63 Å². The predicted octanol–water partition coefficient (Wildman–Crippen LogP) is 1.60. The van der Waals surface area contributed by atoms with Gasteiger partial charge in [0, 0.05) is 11.5 Å². The van der Waals surface area contributed by atoms with Crippen molar-refractivity contribution in [3.8, 4) is 0 Å². The number of hydrogen-bond acceptors (Lipinski definition) is 4. The number of aromatic carboxylic acids is 1. The summed E-state index contributed by atoms with van der Waals surface area (Å²) in [6, 6.07) is 1.13. The molecule has 14 heavy (non-hydrogen) atoms. The molecule has 0 fully saturated rings. The standard InChI is InChI=1S/C9H11NO4/c1-9(2,3)7(11)6-4-5(8(12)13)10-14-6/h4H,1-3H3,(H,12,13). The summed E-state index contributed by atoms with van der Waals surface area (Å²) < 4.78 is 4.63. The van der Waals surface area contributed by atoms with E-state index in [2.05, 4.69) is 9.68 Å². The summed E-state index contributed by atoms with van der Waals surface area (Å²) in [6.45, 7) is 5.16. The lowest BCUT2D eigenvalue weighted by atomic mass is 9.89. The molecule has 0 saturated carbocycles. The van der Waals surface area contributed by atoms with Gasteiger partial charge in [-0.15, -0.1) is 0 Å². The quantitative estimate of drug-likeness (QED) is 0.728. The van der Waals surface area contributed by atoms with Gasteiger partial charge >= 0.3 is 5.97 Å². The normalized spacial score (nSPS) is 11.4. The van der Waals surface area contributed by atoms with Gasteiger partial charge in [0.1, 0.15) is 0 Å². The van der Waals surface area contributed by atoms with Gasteiger partial charge in [-0.25, -0.2) is 4.79 Å². The molecule has 0 saturated heterocycles. The maximum Gasteiger partial charge on any atom is 0.358 e. The minimum Gasteiger partial charge on any atom is -0.476 e. The number of aromatic nitrogens is 1. The van der Waals surface area contributed by atoms with Crippen LogP contribution < -0.4 is 0 Å². The summed E-state index contributed by atoms with van der Waals surface area (Å²) in [5.74, 6) is -1.49. The van der Waals surface area contributed by atoms with E-state index in [4.69, 9.17) is 5.11 Å². The molecular weight excluding hydrogens is 186 g/mol. The van der Waals surface area contributed by atoms with Crippen molar-refractivity contribution in [2.45, 2.75) is 20.8 Å². The molecule has 1 heterocycles. The van der Waals surface area contributed by atoms with E-state index >= 15 is 0 Å². The van der Waals surface area contributed by atoms with Crippen LogP contribution in [0.2, 0.25) is 0 Å². The predicted molar refractivity (Wildman–Crippen MR) is 47.2 cm³/mol. The zero-order valence-corrected chi connectivity index (χ0v) is 8.20. The van der Waals surface area contributed by atoms with Gasteiger partial charge in [0.25, 0.3) is 0 Å². The Labute approximate surface area is 80.7 Å². The Hall–Kier alpha value is -1.65. The third-order valence-electron chi connectivity index (χ3n) is 1.63. The summed E-state index contributed by atoms with van der Waals surface area (Å²) in [7, 11) is 0. The second-order valence-corrected chi connectivity index (χ2v) is 3.96. The van der Waals surface area contributed by atoms with Crippen LogP contribution >= 0.6 is 0 Å². The van der Waals surface area contributed by atoms with Crippen LogP contribution in [0.25, 0.3) is 0 Å². The molecule has 0 spiro atoms. The second kappa shape index (κ2) is 3.25. The first-order valence-corrected chi connectivity index (χ1v) is 4.07. The highest BCUT2D eigenvalue weighted by molar-refractivity contribution is 5.99. The van der Waals surface area contributed by atoms with E-state index in [9.17, 15) is 9.59 Å². The van der Waals surface area contributed by atoms with E-state index < -0.39 is 11.4 Å². The Bertz CT molecular complexity index is 372. The summed E-state index contributed by atoms with van der Waals surface area (Å²) in [5.41, 5.74) is -0.854. The van der Waals surface area contributed by atoms with Crippen LogP contribution in [0.4, 0.5) is 0 Å². The fourth-order valence-corrected chi connectivity index (χ4v) is 0.853. The van der Waals surface area contributed by atoms with E-state index in [-0.39, 0.29) is 17.2 Å². The Balaban J connectivity index is 2.99. The maximum absolute atomic E-state index is 11.6. The van der Waals surface area contributed by atoms with Crippen LogP contribution in [-0.4, -0.2) is 22.0 Å². The third-order valence-corrected chi connectivity index (χ3v) is 1.63. The van der Waals surface area contributed by atoms with Crippen molar-refractivity contribution in [1.82, 2.24) is 5.16 Å². The maximum atomic E-state index is 11.6. The molecule has 0 radical (unpaired) electrons. The molecule has 1 aromatic heterocycles. The Morgan fingerprint density at radius 3 is 2.36 bits per heavy atom. The fraction of sp³-hybridized carbons (Fsp3) is 0.444. The van der Waals surface area contributed by atoms with Gasteiger partial charge in [0.2, 0.25) is 11.5 Å². The molecule has 1 N–H and O–H groups in total. The largest absolute Gasteiger partial charge is 0.476 e. The Morgan fingerprint density at radius 1 is 1.43 bits per heavy atom. The van der Waals surface area contributed by atoms with E-state index in [1.165, 1.54) is 0 Å². The fourth-order valence-electron chi connectivity index (χ4n) is 0.853. The summed E-state index contributed by atoms with van der Waals surface area (Å²) >= 11 is 0. The molecule has 0 aliphatic rings. The average Bonchev–Trinajstić information content (AvgIpc) is 2.48. The lowest BCUT2D eigenvalue weighted by Crippen LogP contribution is -2.19. The van der Waals surface area contributed by atoms with Crippen molar-refractivity contribution in [3.63, 3.8) is 0 Å². The number of carboxylic acids is 1.